The highest BCUT2D eigenvalue weighted by atomic mass is 35.5. The van der Waals surface area contributed by atoms with Gasteiger partial charge in [0.15, 0.2) is 10.9 Å². The summed E-state index contributed by atoms with van der Waals surface area (Å²) in [5.74, 6) is 0.808. The molecule has 2 amide bonds. The SMILES string of the molecule is CCCSc1ncc(Cl)c(C(=O)N[C@@H](CCSC)C(=O)Nc2ccc(C)cc2)n1. The molecule has 0 saturated carbocycles. The van der Waals surface area contributed by atoms with Crippen molar-refractivity contribution in [2.45, 2.75) is 37.9 Å². The van der Waals surface area contributed by atoms with Crippen molar-refractivity contribution in [1.29, 1.82) is 0 Å². The molecule has 0 bridgehead atoms. The number of carbonyl (C=O) groups excluding carboxylic acids is 2. The second-order valence-corrected chi connectivity index (χ2v) is 8.82. The number of carbonyl (C=O) groups is 2. The molecule has 0 fully saturated rings. The first-order valence-electron chi connectivity index (χ1n) is 9.27. The van der Waals surface area contributed by atoms with E-state index in [1.807, 2.05) is 37.4 Å². The van der Waals surface area contributed by atoms with E-state index in [2.05, 4.69) is 27.5 Å². The van der Waals surface area contributed by atoms with Crippen molar-refractivity contribution < 1.29 is 9.59 Å². The van der Waals surface area contributed by atoms with E-state index in [1.165, 1.54) is 18.0 Å². The predicted molar refractivity (Wildman–Crippen MR) is 122 cm³/mol. The van der Waals surface area contributed by atoms with Crippen LogP contribution in [0, 0.1) is 6.92 Å². The number of rotatable bonds is 10. The maximum Gasteiger partial charge on any atom is 0.272 e. The topological polar surface area (TPSA) is 84.0 Å². The van der Waals surface area contributed by atoms with Crippen LogP contribution in [0.15, 0.2) is 35.6 Å². The molecule has 0 unspecified atom stereocenters. The zero-order chi connectivity index (χ0) is 21.2. The molecule has 1 heterocycles. The minimum Gasteiger partial charge on any atom is -0.339 e. The summed E-state index contributed by atoms with van der Waals surface area (Å²) in [6.45, 7) is 4.03. The van der Waals surface area contributed by atoms with Crippen LogP contribution in [0.2, 0.25) is 5.02 Å². The van der Waals surface area contributed by atoms with E-state index in [0.29, 0.717) is 17.3 Å². The van der Waals surface area contributed by atoms with Crippen molar-refractivity contribution in [3.05, 3.63) is 46.7 Å². The standard InChI is InChI=1S/C20H25ClN4O2S2/c1-4-10-29-20-22-12-15(21)17(25-20)19(27)24-16(9-11-28-3)18(26)23-14-7-5-13(2)6-8-14/h5-8,12,16H,4,9-11H2,1-3H3,(H,23,26)(H,24,27)/t16-/m0/s1. The molecular formula is C20H25ClN4O2S2. The molecule has 2 rings (SSSR count). The summed E-state index contributed by atoms with van der Waals surface area (Å²) >= 11 is 9.20. The van der Waals surface area contributed by atoms with Crippen molar-refractivity contribution in [2.75, 3.05) is 23.1 Å². The number of nitrogens with one attached hydrogen (secondary N) is 2. The van der Waals surface area contributed by atoms with Gasteiger partial charge in [-0.2, -0.15) is 11.8 Å². The van der Waals surface area contributed by atoms with Crippen LogP contribution in [0.3, 0.4) is 0 Å². The Morgan fingerprint density at radius 2 is 1.93 bits per heavy atom. The van der Waals surface area contributed by atoms with Crippen LogP contribution >= 0.6 is 35.1 Å². The van der Waals surface area contributed by atoms with E-state index in [9.17, 15) is 9.59 Å². The van der Waals surface area contributed by atoms with E-state index >= 15 is 0 Å². The molecule has 6 nitrogen and oxygen atoms in total. The Morgan fingerprint density at radius 3 is 2.59 bits per heavy atom. The quantitative estimate of drug-likeness (QED) is 0.409. The van der Waals surface area contributed by atoms with Crippen molar-refractivity contribution in [3.63, 3.8) is 0 Å². The maximum absolute atomic E-state index is 12.8. The summed E-state index contributed by atoms with van der Waals surface area (Å²) in [5.41, 5.74) is 1.87. The predicted octanol–water partition coefficient (Wildman–Crippen LogP) is 4.43. The number of hydrogen-bond donors (Lipinski definition) is 2. The van der Waals surface area contributed by atoms with Crippen LogP contribution < -0.4 is 10.6 Å². The van der Waals surface area contributed by atoms with E-state index < -0.39 is 11.9 Å². The van der Waals surface area contributed by atoms with Gasteiger partial charge in [-0.05, 0) is 43.9 Å². The molecule has 0 aliphatic carbocycles. The monoisotopic (exact) mass is 452 g/mol. The van der Waals surface area contributed by atoms with Gasteiger partial charge in [0, 0.05) is 11.4 Å². The average molecular weight is 453 g/mol. The van der Waals surface area contributed by atoms with Crippen LogP contribution in [0.4, 0.5) is 5.69 Å². The van der Waals surface area contributed by atoms with E-state index in [0.717, 1.165) is 23.5 Å². The third-order valence-corrected chi connectivity index (χ3v) is 5.91. The van der Waals surface area contributed by atoms with Gasteiger partial charge in [0.2, 0.25) is 5.91 Å². The van der Waals surface area contributed by atoms with Crippen LogP contribution in [0.1, 0.15) is 35.8 Å². The number of benzene rings is 1. The van der Waals surface area contributed by atoms with E-state index in [4.69, 9.17) is 11.6 Å². The van der Waals surface area contributed by atoms with E-state index in [1.54, 1.807) is 11.8 Å². The fourth-order valence-corrected chi connectivity index (χ4v) is 3.69. The van der Waals surface area contributed by atoms with Crippen LogP contribution in [-0.2, 0) is 4.79 Å². The van der Waals surface area contributed by atoms with Crippen molar-refractivity contribution in [2.24, 2.45) is 0 Å². The second kappa shape index (κ2) is 12.0. The molecule has 1 aromatic carbocycles. The zero-order valence-electron chi connectivity index (χ0n) is 16.7. The second-order valence-electron chi connectivity index (χ2n) is 6.36. The highest BCUT2D eigenvalue weighted by molar-refractivity contribution is 7.99. The summed E-state index contributed by atoms with van der Waals surface area (Å²) < 4.78 is 0. The molecule has 156 valence electrons. The fraction of sp³-hybridized carbons (Fsp3) is 0.400. The first-order chi connectivity index (χ1) is 13.9. The van der Waals surface area contributed by atoms with Gasteiger partial charge < -0.3 is 10.6 Å². The minimum atomic E-state index is -0.700. The van der Waals surface area contributed by atoms with E-state index in [-0.39, 0.29) is 16.6 Å². The lowest BCUT2D eigenvalue weighted by molar-refractivity contribution is -0.118. The number of nitrogens with zero attached hydrogens (tertiary/aromatic N) is 2. The Bertz CT molecular complexity index is 834. The lowest BCUT2D eigenvalue weighted by atomic mass is 10.1. The Kier molecular flexibility index (Phi) is 9.76. The number of hydrogen-bond acceptors (Lipinski definition) is 6. The summed E-state index contributed by atoms with van der Waals surface area (Å²) in [4.78, 5) is 34.0. The molecule has 9 heteroatoms. The fourth-order valence-electron chi connectivity index (χ4n) is 2.37. The molecule has 1 atom stereocenters. The van der Waals surface area contributed by atoms with Gasteiger partial charge >= 0.3 is 0 Å². The number of aromatic nitrogens is 2. The number of thioether (sulfide) groups is 2. The van der Waals surface area contributed by atoms with Gasteiger partial charge in [0.05, 0.1) is 11.2 Å². The number of halogens is 1. The highest BCUT2D eigenvalue weighted by Crippen LogP contribution is 2.19. The lowest BCUT2D eigenvalue weighted by Gasteiger charge is -2.18. The van der Waals surface area contributed by atoms with Gasteiger partial charge in [0.25, 0.3) is 5.91 Å². The largest absolute Gasteiger partial charge is 0.339 e. The normalized spacial score (nSPS) is 11.7. The molecule has 0 spiro atoms. The van der Waals surface area contributed by atoms with Crippen LogP contribution in [-0.4, -0.2) is 45.6 Å². The Labute approximate surface area is 185 Å². The average Bonchev–Trinajstić information content (AvgIpc) is 2.71. The molecule has 0 saturated heterocycles. The molecule has 29 heavy (non-hydrogen) atoms. The molecule has 2 aromatic rings. The van der Waals surface area contributed by atoms with Gasteiger partial charge in [-0.1, -0.05) is 48.0 Å². The maximum atomic E-state index is 12.8. The highest BCUT2D eigenvalue weighted by Gasteiger charge is 2.23. The van der Waals surface area contributed by atoms with Crippen molar-refractivity contribution >= 4 is 52.6 Å². The minimum absolute atomic E-state index is 0.0811. The Morgan fingerprint density at radius 1 is 1.21 bits per heavy atom. The van der Waals surface area contributed by atoms with Gasteiger partial charge in [-0.25, -0.2) is 9.97 Å². The van der Waals surface area contributed by atoms with Crippen LogP contribution in [0.5, 0.6) is 0 Å². The van der Waals surface area contributed by atoms with Gasteiger partial charge in [-0.3, -0.25) is 9.59 Å². The molecule has 0 aliphatic heterocycles. The van der Waals surface area contributed by atoms with Gasteiger partial charge in [0.1, 0.15) is 6.04 Å². The number of anilines is 1. The first kappa shape index (κ1) is 23.5. The number of amides is 2. The molecule has 2 N–H and O–H groups in total. The van der Waals surface area contributed by atoms with Crippen molar-refractivity contribution in [1.82, 2.24) is 15.3 Å². The summed E-state index contributed by atoms with van der Waals surface area (Å²) in [5, 5.41) is 6.28. The zero-order valence-corrected chi connectivity index (χ0v) is 19.1. The summed E-state index contributed by atoms with van der Waals surface area (Å²) in [6.07, 6.45) is 4.83. The third-order valence-electron chi connectivity index (χ3n) is 3.92. The molecule has 0 aliphatic rings. The molecular weight excluding hydrogens is 428 g/mol. The Hall–Kier alpha value is -1.77. The summed E-state index contributed by atoms with van der Waals surface area (Å²) in [7, 11) is 0. The van der Waals surface area contributed by atoms with Gasteiger partial charge in [-0.15, -0.1) is 0 Å². The Balaban J connectivity index is 2.13. The molecule has 0 radical (unpaired) electrons. The lowest BCUT2D eigenvalue weighted by Crippen LogP contribution is -2.44. The third kappa shape index (κ3) is 7.53. The molecule has 1 aromatic heterocycles. The first-order valence-corrected chi connectivity index (χ1v) is 12.0. The smallest absolute Gasteiger partial charge is 0.272 e. The number of aryl methyl sites for hydroxylation is 1. The summed E-state index contributed by atoms with van der Waals surface area (Å²) in [6, 6.07) is 6.80. The van der Waals surface area contributed by atoms with Crippen LogP contribution in [0.25, 0.3) is 0 Å². The van der Waals surface area contributed by atoms with Crippen molar-refractivity contribution in [3.8, 4) is 0 Å².